The largest absolute Gasteiger partial charge is 0.320 e. The standard InChI is InChI=1S/C16H13BrClFN2/c1-10(11-3-2-4-13(19)7-11)21-15-6-5-12(17)8-14(15)20-16(21)9-18/h2-8,10H,9H2,1H3. The Kier molecular flexibility index (Phi) is 4.00. The van der Waals surface area contributed by atoms with Crippen molar-refractivity contribution in [2.24, 2.45) is 0 Å². The predicted molar refractivity (Wildman–Crippen MR) is 87.2 cm³/mol. The van der Waals surface area contributed by atoms with Gasteiger partial charge in [-0.3, -0.25) is 0 Å². The van der Waals surface area contributed by atoms with Gasteiger partial charge in [-0.15, -0.1) is 11.6 Å². The second-order valence-corrected chi connectivity index (χ2v) is 6.08. The highest BCUT2D eigenvalue weighted by Crippen LogP contribution is 2.28. The third-order valence-corrected chi connectivity index (χ3v) is 4.29. The zero-order valence-electron chi connectivity index (χ0n) is 11.4. The molecule has 0 saturated heterocycles. The minimum absolute atomic E-state index is 0.0411. The maximum Gasteiger partial charge on any atom is 0.125 e. The molecule has 2 nitrogen and oxygen atoms in total. The zero-order chi connectivity index (χ0) is 15.0. The Balaban J connectivity index is 2.18. The summed E-state index contributed by atoms with van der Waals surface area (Å²) in [4.78, 5) is 4.57. The van der Waals surface area contributed by atoms with Gasteiger partial charge in [0, 0.05) is 4.47 Å². The van der Waals surface area contributed by atoms with Crippen molar-refractivity contribution in [2.75, 3.05) is 0 Å². The lowest BCUT2D eigenvalue weighted by atomic mass is 10.1. The summed E-state index contributed by atoms with van der Waals surface area (Å²) in [6.45, 7) is 2.02. The SMILES string of the molecule is CC(c1cccc(F)c1)n1c(CCl)nc2cc(Br)ccc21. The summed E-state index contributed by atoms with van der Waals surface area (Å²) in [5, 5.41) is 0. The Bertz CT molecular complexity index is 800. The molecule has 1 atom stereocenters. The van der Waals surface area contributed by atoms with E-state index < -0.39 is 0 Å². The van der Waals surface area contributed by atoms with Gasteiger partial charge in [0.1, 0.15) is 11.6 Å². The van der Waals surface area contributed by atoms with Crippen molar-refractivity contribution < 1.29 is 4.39 Å². The lowest BCUT2D eigenvalue weighted by Crippen LogP contribution is -2.10. The molecule has 0 fully saturated rings. The van der Waals surface area contributed by atoms with Crippen LogP contribution in [0.4, 0.5) is 4.39 Å². The predicted octanol–water partition coefficient (Wildman–Crippen LogP) is 5.29. The van der Waals surface area contributed by atoms with E-state index in [9.17, 15) is 4.39 Å². The summed E-state index contributed by atoms with van der Waals surface area (Å²) in [7, 11) is 0. The van der Waals surface area contributed by atoms with Gasteiger partial charge in [0.15, 0.2) is 0 Å². The van der Waals surface area contributed by atoms with Crippen LogP contribution in [-0.2, 0) is 5.88 Å². The van der Waals surface area contributed by atoms with Crippen LogP contribution in [-0.4, -0.2) is 9.55 Å². The van der Waals surface area contributed by atoms with Crippen LogP contribution in [0.15, 0.2) is 46.9 Å². The van der Waals surface area contributed by atoms with E-state index in [1.807, 2.05) is 31.2 Å². The van der Waals surface area contributed by atoms with Crippen LogP contribution in [0.25, 0.3) is 11.0 Å². The molecule has 0 N–H and O–H groups in total. The normalized spacial score (nSPS) is 12.8. The minimum atomic E-state index is -0.237. The van der Waals surface area contributed by atoms with Gasteiger partial charge in [0.05, 0.1) is 23.0 Å². The first kappa shape index (κ1) is 14.5. The monoisotopic (exact) mass is 366 g/mol. The van der Waals surface area contributed by atoms with Crippen molar-refractivity contribution in [1.82, 2.24) is 9.55 Å². The van der Waals surface area contributed by atoms with Gasteiger partial charge < -0.3 is 4.57 Å². The Labute approximate surface area is 135 Å². The summed E-state index contributed by atoms with van der Waals surface area (Å²) in [5.41, 5.74) is 2.76. The van der Waals surface area contributed by atoms with Crippen molar-refractivity contribution in [3.05, 3.63) is 64.1 Å². The minimum Gasteiger partial charge on any atom is -0.320 e. The highest BCUT2D eigenvalue weighted by atomic mass is 79.9. The molecule has 0 aliphatic carbocycles. The average Bonchev–Trinajstić information content (AvgIpc) is 2.83. The molecule has 0 amide bonds. The van der Waals surface area contributed by atoms with E-state index in [2.05, 4.69) is 25.5 Å². The molecule has 0 saturated carbocycles. The molecule has 21 heavy (non-hydrogen) atoms. The summed E-state index contributed by atoms with van der Waals surface area (Å²) < 4.78 is 16.5. The van der Waals surface area contributed by atoms with Crippen molar-refractivity contribution in [2.45, 2.75) is 18.8 Å². The Morgan fingerprint density at radius 2 is 2.10 bits per heavy atom. The lowest BCUT2D eigenvalue weighted by molar-refractivity contribution is 0.603. The zero-order valence-corrected chi connectivity index (χ0v) is 13.7. The summed E-state index contributed by atoms with van der Waals surface area (Å²) in [6, 6.07) is 12.5. The van der Waals surface area contributed by atoms with Crippen LogP contribution in [0.2, 0.25) is 0 Å². The van der Waals surface area contributed by atoms with Gasteiger partial charge in [-0.25, -0.2) is 9.37 Å². The lowest BCUT2D eigenvalue weighted by Gasteiger charge is -2.17. The summed E-state index contributed by atoms with van der Waals surface area (Å²) in [6.07, 6.45) is 0. The third kappa shape index (κ3) is 2.70. The summed E-state index contributed by atoms with van der Waals surface area (Å²) in [5.74, 6) is 0.854. The fraction of sp³-hybridized carbons (Fsp3) is 0.188. The molecule has 3 rings (SSSR count). The second-order valence-electron chi connectivity index (χ2n) is 4.90. The number of fused-ring (bicyclic) bond motifs is 1. The van der Waals surface area contributed by atoms with Crippen LogP contribution in [0.3, 0.4) is 0 Å². The molecule has 2 aromatic carbocycles. The molecule has 0 aliphatic rings. The van der Waals surface area contributed by atoms with E-state index in [-0.39, 0.29) is 11.9 Å². The number of rotatable bonds is 3. The third-order valence-electron chi connectivity index (χ3n) is 3.56. The van der Waals surface area contributed by atoms with E-state index in [0.29, 0.717) is 5.88 Å². The summed E-state index contributed by atoms with van der Waals surface area (Å²) >= 11 is 9.48. The number of aromatic nitrogens is 2. The van der Waals surface area contributed by atoms with Gasteiger partial charge in [-0.05, 0) is 42.8 Å². The quantitative estimate of drug-likeness (QED) is 0.575. The fourth-order valence-corrected chi connectivity index (χ4v) is 3.10. The molecule has 0 radical (unpaired) electrons. The van der Waals surface area contributed by atoms with Crippen molar-refractivity contribution in [3.8, 4) is 0 Å². The van der Waals surface area contributed by atoms with Crippen molar-refractivity contribution in [3.63, 3.8) is 0 Å². The van der Waals surface area contributed by atoms with Gasteiger partial charge in [0.2, 0.25) is 0 Å². The Morgan fingerprint density at radius 1 is 1.29 bits per heavy atom. The molecule has 0 bridgehead atoms. The average molecular weight is 368 g/mol. The topological polar surface area (TPSA) is 17.8 Å². The van der Waals surface area contributed by atoms with E-state index in [0.717, 1.165) is 26.9 Å². The Morgan fingerprint density at radius 3 is 2.81 bits per heavy atom. The highest BCUT2D eigenvalue weighted by molar-refractivity contribution is 9.10. The molecule has 3 aromatic rings. The fourth-order valence-electron chi connectivity index (χ4n) is 2.56. The maximum atomic E-state index is 13.5. The van der Waals surface area contributed by atoms with Gasteiger partial charge in [-0.1, -0.05) is 28.1 Å². The van der Waals surface area contributed by atoms with Crippen molar-refractivity contribution >= 4 is 38.6 Å². The molecule has 5 heteroatoms. The van der Waals surface area contributed by atoms with Gasteiger partial charge >= 0.3 is 0 Å². The molecule has 1 heterocycles. The van der Waals surface area contributed by atoms with Crippen molar-refractivity contribution in [1.29, 1.82) is 0 Å². The van der Waals surface area contributed by atoms with E-state index >= 15 is 0 Å². The van der Waals surface area contributed by atoms with Gasteiger partial charge in [0.25, 0.3) is 0 Å². The number of halogens is 3. The highest BCUT2D eigenvalue weighted by Gasteiger charge is 2.17. The molecular formula is C16H13BrClFN2. The molecule has 108 valence electrons. The van der Waals surface area contributed by atoms with E-state index in [1.54, 1.807) is 12.1 Å². The first-order valence-corrected chi connectivity index (χ1v) is 7.90. The van der Waals surface area contributed by atoms with Crippen LogP contribution in [0.5, 0.6) is 0 Å². The molecule has 0 spiro atoms. The number of benzene rings is 2. The van der Waals surface area contributed by atoms with Crippen LogP contribution in [0, 0.1) is 5.82 Å². The van der Waals surface area contributed by atoms with E-state index in [4.69, 9.17) is 11.6 Å². The molecule has 0 aliphatic heterocycles. The first-order chi connectivity index (χ1) is 10.1. The molecule has 1 aromatic heterocycles. The molecular weight excluding hydrogens is 355 g/mol. The van der Waals surface area contributed by atoms with E-state index in [1.165, 1.54) is 6.07 Å². The number of nitrogens with zero attached hydrogens (tertiary/aromatic N) is 2. The Hall–Kier alpha value is -1.39. The number of imidazole rings is 1. The van der Waals surface area contributed by atoms with Gasteiger partial charge in [-0.2, -0.15) is 0 Å². The van der Waals surface area contributed by atoms with Crippen LogP contribution >= 0.6 is 27.5 Å². The number of alkyl halides is 1. The van der Waals surface area contributed by atoms with Crippen LogP contribution < -0.4 is 0 Å². The maximum absolute atomic E-state index is 13.5. The number of hydrogen-bond donors (Lipinski definition) is 0. The number of hydrogen-bond acceptors (Lipinski definition) is 1. The smallest absolute Gasteiger partial charge is 0.125 e. The van der Waals surface area contributed by atoms with Crippen LogP contribution in [0.1, 0.15) is 24.4 Å². The first-order valence-electron chi connectivity index (χ1n) is 6.58. The second kappa shape index (κ2) is 5.78. The molecule has 1 unspecified atom stereocenters.